The van der Waals surface area contributed by atoms with Crippen LogP contribution in [0.25, 0.3) is 0 Å². The predicted molar refractivity (Wildman–Crippen MR) is 133 cm³/mol. The van der Waals surface area contributed by atoms with E-state index in [0.29, 0.717) is 27.6 Å². The van der Waals surface area contributed by atoms with Crippen molar-refractivity contribution in [3.63, 3.8) is 0 Å². The summed E-state index contributed by atoms with van der Waals surface area (Å²) in [4.78, 5) is 23.1. The molecule has 0 saturated carbocycles. The Balaban J connectivity index is 1.56. The van der Waals surface area contributed by atoms with Crippen molar-refractivity contribution >= 4 is 52.9 Å². The van der Waals surface area contributed by atoms with Crippen LogP contribution in [-0.2, 0) is 11.4 Å². The summed E-state index contributed by atoms with van der Waals surface area (Å²) in [6.45, 7) is -0.199. The highest BCUT2D eigenvalue weighted by Gasteiger charge is 2.11. The lowest BCUT2D eigenvalue weighted by Crippen LogP contribution is -2.24. The van der Waals surface area contributed by atoms with Gasteiger partial charge < -0.3 is 19.3 Å². The van der Waals surface area contributed by atoms with Crippen LogP contribution in [-0.4, -0.2) is 36.9 Å². The quantitative estimate of drug-likeness (QED) is 0.202. The number of carboxylic acids is 1. The molecule has 0 fully saturated rings. The highest BCUT2D eigenvalue weighted by atomic mass is 35.5. The van der Waals surface area contributed by atoms with Crippen LogP contribution in [0.4, 0.5) is 0 Å². The number of carbonyl (C=O) groups is 2. The molecule has 0 radical (unpaired) electrons. The number of nitrogens with zero attached hydrogens (tertiary/aromatic N) is 1. The van der Waals surface area contributed by atoms with Gasteiger partial charge in [0, 0.05) is 11.1 Å². The van der Waals surface area contributed by atoms with E-state index in [9.17, 15) is 9.59 Å². The molecule has 0 aliphatic heterocycles. The minimum atomic E-state index is -1.01. The number of hydrazone groups is 1. The molecule has 0 aliphatic carbocycles. The van der Waals surface area contributed by atoms with Crippen molar-refractivity contribution in [2.75, 3.05) is 13.7 Å². The Morgan fingerprint density at radius 3 is 2.54 bits per heavy atom. The Morgan fingerprint density at radius 2 is 1.80 bits per heavy atom. The van der Waals surface area contributed by atoms with Gasteiger partial charge in [0.05, 0.1) is 23.9 Å². The number of aromatic carboxylic acids is 1. The average molecular weight is 538 g/mol. The second-order valence-corrected chi connectivity index (χ2v) is 8.21. The van der Waals surface area contributed by atoms with E-state index in [0.717, 1.165) is 0 Å². The summed E-state index contributed by atoms with van der Waals surface area (Å²) in [6.07, 6.45) is 1.42. The Labute approximate surface area is 216 Å². The summed E-state index contributed by atoms with van der Waals surface area (Å²) >= 11 is 17.9. The van der Waals surface area contributed by atoms with E-state index < -0.39 is 11.9 Å². The molecule has 3 aromatic carbocycles. The lowest BCUT2D eigenvalue weighted by atomic mass is 10.1. The van der Waals surface area contributed by atoms with Gasteiger partial charge in [0.1, 0.15) is 17.4 Å². The second-order valence-electron chi connectivity index (χ2n) is 6.99. The highest BCUT2D eigenvalue weighted by molar-refractivity contribution is 6.44. The second kappa shape index (κ2) is 12.3. The van der Waals surface area contributed by atoms with Gasteiger partial charge in [-0.2, -0.15) is 5.10 Å². The van der Waals surface area contributed by atoms with Crippen molar-refractivity contribution in [3.05, 3.63) is 86.4 Å². The maximum Gasteiger partial charge on any atom is 0.335 e. The van der Waals surface area contributed by atoms with Crippen LogP contribution in [0.15, 0.2) is 59.7 Å². The molecule has 0 heterocycles. The molecule has 182 valence electrons. The van der Waals surface area contributed by atoms with Gasteiger partial charge in [0.2, 0.25) is 0 Å². The smallest absolute Gasteiger partial charge is 0.335 e. The van der Waals surface area contributed by atoms with E-state index in [1.54, 1.807) is 30.3 Å². The van der Waals surface area contributed by atoms with Crippen molar-refractivity contribution in [1.82, 2.24) is 5.43 Å². The summed E-state index contributed by atoms with van der Waals surface area (Å²) in [7, 11) is 1.49. The molecular formula is C24H19Cl3N2O6. The fourth-order valence-electron chi connectivity index (χ4n) is 2.83. The minimum absolute atomic E-state index is 0.149. The number of halogens is 3. The zero-order chi connectivity index (χ0) is 25.4. The first-order valence-corrected chi connectivity index (χ1v) is 11.1. The molecule has 35 heavy (non-hydrogen) atoms. The predicted octanol–water partition coefficient (Wildman–Crippen LogP) is 5.46. The number of hydrogen-bond acceptors (Lipinski definition) is 6. The van der Waals surface area contributed by atoms with Gasteiger partial charge in [0.25, 0.3) is 5.91 Å². The standard InChI is InChI=1S/C24H19Cl3N2O6/c1-33-20-8-14(5-6-19(20)34-12-15-3-2-4-16(7-15)24(31)32)11-28-29-22(30)13-35-21-10-17(25)9-18(26)23(21)27/h2-11H,12-13H2,1H3,(H,29,30)(H,31,32)/b28-11-. The van der Waals surface area contributed by atoms with E-state index in [4.69, 9.17) is 54.1 Å². The number of carbonyl (C=O) groups excluding carboxylic acids is 1. The molecule has 11 heteroatoms. The van der Waals surface area contributed by atoms with Gasteiger partial charge in [-0.1, -0.05) is 46.9 Å². The molecule has 1 amide bonds. The number of rotatable bonds is 10. The van der Waals surface area contributed by atoms with Gasteiger partial charge in [-0.05, 0) is 47.5 Å². The first kappa shape index (κ1) is 26.2. The Hall–Kier alpha value is -3.46. The zero-order valence-electron chi connectivity index (χ0n) is 18.3. The van der Waals surface area contributed by atoms with Crippen LogP contribution in [0.2, 0.25) is 15.1 Å². The van der Waals surface area contributed by atoms with Crippen LogP contribution < -0.4 is 19.6 Å². The van der Waals surface area contributed by atoms with Crippen molar-refractivity contribution in [2.24, 2.45) is 5.10 Å². The van der Waals surface area contributed by atoms with Crippen molar-refractivity contribution in [3.8, 4) is 17.2 Å². The molecule has 0 spiro atoms. The lowest BCUT2D eigenvalue weighted by Gasteiger charge is -2.11. The third-order valence-electron chi connectivity index (χ3n) is 4.48. The number of amides is 1. The van der Waals surface area contributed by atoms with Crippen molar-refractivity contribution in [1.29, 1.82) is 0 Å². The van der Waals surface area contributed by atoms with Gasteiger partial charge >= 0.3 is 5.97 Å². The number of hydrogen-bond donors (Lipinski definition) is 2. The van der Waals surface area contributed by atoms with Crippen molar-refractivity contribution in [2.45, 2.75) is 6.61 Å². The molecule has 2 N–H and O–H groups in total. The summed E-state index contributed by atoms with van der Waals surface area (Å²) in [5, 5.41) is 13.7. The van der Waals surface area contributed by atoms with Crippen LogP contribution >= 0.6 is 34.8 Å². The Kier molecular flexibility index (Phi) is 9.19. The van der Waals surface area contributed by atoms with Gasteiger partial charge in [0.15, 0.2) is 18.1 Å². The van der Waals surface area contributed by atoms with Crippen LogP contribution in [0.1, 0.15) is 21.5 Å². The fourth-order valence-corrected chi connectivity index (χ4v) is 3.47. The summed E-state index contributed by atoms with van der Waals surface area (Å²) < 4.78 is 16.5. The van der Waals surface area contributed by atoms with Crippen LogP contribution in [0.3, 0.4) is 0 Å². The number of ether oxygens (including phenoxy) is 3. The Bertz CT molecular complexity index is 1270. The van der Waals surface area contributed by atoms with E-state index >= 15 is 0 Å². The third kappa shape index (κ3) is 7.51. The Morgan fingerprint density at radius 1 is 1.00 bits per heavy atom. The number of nitrogens with one attached hydrogen (secondary N) is 1. The summed E-state index contributed by atoms with van der Waals surface area (Å²) in [5.41, 5.74) is 3.85. The molecule has 0 aliphatic rings. The fraction of sp³-hybridized carbons (Fsp3) is 0.125. The maximum atomic E-state index is 12.0. The van der Waals surface area contributed by atoms with E-state index in [-0.39, 0.29) is 34.6 Å². The topological polar surface area (TPSA) is 106 Å². The molecule has 3 aromatic rings. The molecule has 8 nitrogen and oxygen atoms in total. The molecular weight excluding hydrogens is 519 g/mol. The minimum Gasteiger partial charge on any atom is -0.493 e. The van der Waals surface area contributed by atoms with E-state index in [1.807, 2.05) is 0 Å². The first-order chi connectivity index (χ1) is 16.8. The van der Waals surface area contributed by atoms with Crippen LogP contribution in [0.5, 0.6) is 17.2 Å². The number of benzene rings is 3. The monoisotopic (exact) mass is 536 g/mol. The first-order valence-electron chi connectivity index (χ1n) is 9.99. The molecule has 0 atom stereocenters. The summed E-state index contributed by atoms with van der Waals surface area (Å²) in [5.74, 6) is -0.461. The normalized spacial score (nSPS) is 10.7. The van der Waals surface area contributed by atoms with Crippen molar-refractivity contribution < 1.29 is 28.9 Å². The molecule has 0 unspecified atom stereocenters. The molecule has 0 bridgehead atoms. The maximum absolute atomic E-state index is 12.0. The zero-order valence-corrected chi connectivity index (χ0v) is 20.5. The van der Waals surface area contributed by atoms with Gasteiger partial charge in [-0.3, -0.25) is 4.79 Å². The number of methoxy groups -OCH3 is 1. The highest BCUT2D eigenvalue weighted by Crippen LogP contribution is 2.35. The SMILES string of the molecule is COc1cc(/C=N\NC(=O)COc2cc(Cl)cc(Cl)c2Cl)ccc1OCc1cccc(C(=O)O)c1. The van der Waals surface area contributed by atoms with Crippen LogP contribution in [0, 0.1) is 0 Å². The van der Waals surface area contributed by atoms with Gasteiger partial charge in [-0.15, -0.1) is 0 Å². The average Bonchev–Trinajstić information content (AvgIpc) is 2.84. The van der Waals surface area contributed by atoms with E-state index in [1.165, 1.54) is 37.6 Å². The van der Waals surface area contributed by atoms with E-state index in [2.05, 4.69) is 10.5 Å². The third-order valence-corrected chi connectivity index (χ3v) is 5.48. The molecule has 0 saturated heterocycles. The van der Waals surface area contributed by atoms with Gasteiger partial charge in [-0.25, -0.2) is 10.2 Å². The largest absolute Gasteiger partial charge is 0.493 e. The number of carboxylic acid groups (broad SMARTS) is 1. The lowest BCUT2D eigenvalue weighted by molar-refractivity contribution is -0.123. The molecule has 3 rings (SSSR count). The summed E-state index contributed by atoms with van der Waals surface area (Å²) in [6, 6.07) is 14.4. The molecule has 0 aromatic heterocycles.